The van der Waals surface area contributed by atoms with Crippen molar-refractivity contribution >= 4 is 11.9 Å². The predicted molar refractivity (Wildman–Crippen MR) is 54.5 cm³/mol. The number of aromatic nitrogens is 2. The van der Waals surface area contributed by atoms with Crippen LogP contribution in [0.15, 0.2) is 18.5 Å². The normalized spacial score (nSPS) is 20.0. The minimum atomic E-state index is -0.825. The summed E-state index contributed by atoms with van der Waals surface area (Å²) in [7, 11) is 0. The van der Waals surface area contributed by atoms with Gasteiger partial charge in [-0.2, -0.15) is 5.10 Å². The molecule has 0 unspecified atom stereocenters. The Labute approximate surface area is 92.5 Å². The van der Waals surface area contributed by atoms with Crippen molar-refractivity contribution in [1.29, 1.82) is 0 Å². The Kier molecular flexibility index (Phi) is 2.89. The highest BCUT2D eigenvalue weighted by Crippen LogP contribution is 2.16. The van der Waals surface area contributed by atoms with Crippen LogP contribution in [0.1, 0.15) is 6.42 Å². The molecule has 16 heavy (non-hydrogen) atoms. The van der Waals surface area contributed by atoms with Crippen LogP contribution in [0.25, 0.3) is 0 Å². The van der Waals surface area contributed by atoms with Gasteiger partial charge < -0.3 is 10.0 Å². The van der Waals surface area contributed by atoms with E-state index in [1.807, 2.05) is 0 Å². The summed E-state index contributed by atoms with van der Waals surface area (Å²) < 4.78 is 1.54. The number of carboxylic acids is 1. The predicted octanol–water partition coefficient (Wildman–Crippen LogP) is -0.184. The fraction of sp³-hybridized carbons (Fsp3) is 0.500. The highest BCUT2D eigenvalue weighted by atomic mass is 16.4. The Bertz CT molecular complexity index is 388. The molecule has 1 fully saturated rings. The first kappa shape index (κ1) is 10.7. The van der Waals surface area contributed by atoms with Gasteiger partial charge in [0, 0.05) is 25.5 Å². The van der Waals surface area contributed by atoms with Gasteiger partial charge in [-0.05, 0) is 12.5 Å². The summed E-state index contributed by atoms with van der Waals surface area (Å²) in [5, 5.41) is 12.7. The van der Waals surface area contributed by atoms with Gasteiger partial charge in [-0.25, -0.2) is 0 Å². The van der Waals surface area contributed by atoms with E-state index in [2.05, 4.69) is 5.10 Å². The number of amides is 1. The standard InChI is InChI=1S/C10H13N3O3/c14-9(7-13-4-1-3-11-13)12-5-2-8(6-12)10(15)16/h1,3-4,8H,2,5-7H2,(H,15,16)/t8-/m0/s1. The molecular formula is C10H13N3O3. The third-order valence-corrected chi connectivity index (χ3v) is 2.75. The largest absolute Gasteiger partial charge is 0.481 e. The van der Waals surface area contributed by atoms with Crippen LogP contribution in [0.3, 0.4) is 0 Å². The van der Waals surface area contributed by atoms with Crippen molar-refractivity contribution < 1.29 is 14.7 Å². The molecule has 1 aliphatic heterocycles. The first-order valence-electron chi connectivity index (χ1n) is 5.15. The third-order valence-electron chi connectivity index (χ3n) is 2.75. The zero-order chi connectivity index (χ0) is 11.5. The molecule has 0 radical (unpaired) electrons. The quantitative estimate of drug-likeness (QED) is 0.771. The second kappa shape index (κ2) is 4.34. The van der Waals surface area contributed by atoms with E-state index in [1.165, 1.54) is 4.68 Å². The van der Waals surface area contributed by atoms with Crippen LogP contribution in [0.2, 0.25) is 0 Å². The summed E-state index contributed by atoms with van der Waals surface area (Å²) in [6.07, 6.45) is 3.86. The van der Waals surface area contributed by atoms with E-state index in [4.69, 9.17) is 5.11 Å². The molecule has 86 valence electrons. The molecule has 0 aromatic carbocycles. The van der Waals surface area contributed by atoms with Gasteiger partial charge in [-0.1, -0.05) is 0 Å². The maximum atomic E-state index is 11.8. The molecule has 6 nitrogen and oxygen atoms in total. The molecule has 0 aliphatic carbocycles. The first-order chi connectivity index (χ1) is 7.66. The Morgan fingerprint density at radius 3 is 2.88 bits per heavy atom. The van der Waals surface area contributed by atoms with Gasteiger partial charge in [0.15, 0.2) is 0 Å². The van der Waals surface area contributed by atoms with Crippen molar-refractivity contribution in [3.8, 4) is 0 Å². The molecule has 1 N–H and O–H groups in total. The molecular weight excluding hydrogens is 210 g/mol. The van der Waals surface area contributed by atoms with E-state index in [0.717, 1.165) is 0 Å². The zero-order valence-electron chi connectivity index (χ0n) is 8.74. The molecule has 1 atom stereocenters. The lowest BCUT2D eigenvalue weighted by Crippen LogP contribution is -2.32. The lowest BCUT2D eigenvalue weighted by Gasteiger charge is -2.15. The van der Waals surface area contributed by atoms with Gasteiger partial charge in [0.05, 0.1) is 5.92 Å². The van der Waals surface area contributed by atoms with Gasteiger partial charge >= 0.3 is 5.97 Å². The van der Waals surface area contributed by atoms with E-state index < -0.39 is 11.9 Å². The van der Waals surface area contributed by atoms with Crippen LogP contribution in [0.5, 0.6) is 0 Å². The van der Waals surface area contributed by atoms with E-state index in [1.54, 1.807) is 23.4 Å². The van der Waals surface area contributed by atoms with Crippen LogP contribution in [0.4, 0.5) is 0 Å². The van der Waals surface area contributed by atoms with Crippen molar-refractivity contribution in [1.82, 2.24) is 14.7 Å². The zero-order valence-corrected chi connectivity index (χ0v) is 8.74. The van der Waals surface area contributed by atoms with E-state index in [-0.39, 0.29) is 12.5 Å². The minimum absolute atomic E-state index is 0.0764. The second-order valence-corrected chi connectivity index (χ2v) is 3.87. The van der Waals surface area contributed by atoms with Crippen LogP contribution in [-0.4, -0.2) is 44.8 Å². The van der Waals surface area contributed by atoms with Crippen molar-refractivity contribution in [2.75, 3.05) is 13.1 Å². The summed E-state index contributed by atoms with van der Waals surface area (Å²) >= 11 is 0. The number of hydrogen-bond acceptors (Lipinski definition) is 3. The summed E-state index contributed by atoms with van der Waals surface area (Å²) in [5.74, 6) is -1.32. The van der Waals surface area contributed by atoms with Gasteiger partial charge in [-0.3, -0.25) is 14.3 Å². The molecule has 2 heterocycles. The molecule has 0 bridgehead atoms. The summed E-state index contributed by atoms with van der Waals surface area (Å²) in [5.41, 5.74) is 0. The third kappa shape index (κ3) is 2.21. The molecule has 1 aromatic heterocycles. The van der Waals surface area contributed by atoms with Gasteiger partial charge in [0.2, 0.25) is 5.91 Å². The van der Waals surface area contributed by atoms with E-state index in [0.29, 0.717) is 19.5 Å². The second-order valence-electron chi connectivity index (χ2n) is 3.87. The number of carbonyl (C=O) groups is 2. The molecule has 1 saturated heterocycles. The Hall–Kier alpha value is -1.85. The topological polar surface area (TPSA) is 75.4 Å². The molecule has 2 rings (SSSR count). The number of nitrogens with zero attached hydrogens (tertiary/aromatic N) is 3. The number of rotatable bonds is 3. The lowest BCUT2D eigenvalue weighted by atomic mass is 10.1. The smallest absolute Gasteiger partial charge is 0.308 e. The first-order valence-corrected chi connectivity index (χ1v) is 5.15. The number of carboxylic acid groups (broad SMARTS) is 1. The molecule has 1 aliphatic rings. The van der Waals surface area contributed by atoms with Crippen molar-refractivity contribution in [3.05, 3.63) is 18.5 Å². The molecule has 0 spiro atoms. The van der Waals surface area contributed by atoms with Crippen molar-refractivity contribution in [2.45, 2.75) is 13.0 Å². The summed E-state index contributed by atoms with van der Waals surface area (Å²) in [6, 6.07) is 1.75. The summed E-state index contributed by atoms with van der Waals surface area (Å²) in [4.78, 5) is 24.1. The van der Waals surface area contributed by atoms with Crippen LogP contribution < -0.4 is 0 Å². The van der Waals surface area contributed by atoms with Crippen LogP contribution in [-0.2, 0) is 16.1 Å². The number of hydrogen-bond donors (Lipinski definition) is 1. The number of carbonyl (C=O) groups excluding carboxylic acids is 1. The minimum Gasteiger partial charge on any atom is -0.481 e. The van der Waals surface area contributed by atoms with Crippen molar-refractivity contribution in [2.24, 2.45) is 5.92 Å². The Morgan fingerprint density at radius 2 is 2.31 bits per heavy atom. The fourth-order valence-corrected chi connectivity index (χ4v) is 1.82. The van der Waals surface area contributed by atoms with Gasteiger partial charge in [0.1, 0.15) is 6.54 Å². The van der Waals surface area contributed by atoms with E-state index >= 15 is 0 Å². The molecule has 6 heteroatoms. The number of likely N-dealkylation sites (tertiary alicyclic amines) is 1. The molecule has 0 saturated carbocycles. The van der Waals surface area contributed by atoms with Crippen LogP contribution in [0, 0.1) is 5.92 Å². The van der Waals surface area contributed by atoms with E-state index in [9.17, 15) is 9.59 Å². The van der Waals surface area contributed by atoms with Crippen LogP contribution >= 0.6 is 0 Å². The van der Waals surface area contributed by atoms with Gasteiger partial charge in [-0.15, -0.1) is 0 Å². The average Bonchev–Trinajstić information content (AvgIpc) is 2.86. The monoisotopic (exact) mass is 223 g/mol. The summed E-state index contributed by atoms with van der Waals surface area (Å²) in [6.45, 7) is 1.02. The average molecular weight is 223 g/mol. The Balaban J connectivity index is 1.90. The Morgan fingerprint density at radius 1 is 1.50 bits per heavy atom. The maximum absolute atomic E-state index is 11.8. The van der Waals surface area contributed by atoms with Gasteiger partial charge in [0.25, 0.3) is 0 Å². The van der Waals surface area contributed by atoms with Crippen molar-refractivity contribution in [3.63, 3.8) is 0 Å². The number of aliphatic carboxylic acids is 1. The lowest BCUT2D eigenvalue weighted by molar-refractivity contribution is -0.141. The highest BCUT2D eigenvalue weighted by Gasteiger charge is 2.30. The highest BCUT2D eigenvalue weighted by molar-refractivity contribution is 5.78. The maximum Gasteiger partial charge on any atom is 0.308 e. The molecule has 1 amide bonds. The SMILES string of the molecule is O=C(O)[C@H]1CCN(C(=O)Cn2cccn2)C1. The fourth-order valence-electron chi connectivity index (χ4n) is 1.82. The molecule has 1 aromatic rings.